The van der Waals surface area contributed by atoms with Crippen LogP contribution in [0.4, 0.5) is 4.79 Å². The van der Waals surface area contributed by atoms with Crippen molar-refractivity contribution in [2.45, 2.75) is 31.7 Å². The number of aryl methyl sites for hydroxylation is 1. The Hall–Kier alpha value is -2.85. The highest BCUT2D eigenvalue weighted by atomic mass is 16.5. The van der Waals surface area contributed by atoms with E-state index in [9.17, 15) is 14.7 Å². The molecular weight excluding hydrogens is 412 g/mol. The Morgan fingerprint density at radius 3 is 2.69 bits per heavy atom. The summed E-state index contributed by atoms with van der Waals surface area (Å²) in [6, 6.07) is 6.66. The van der Waals surface area contributed by atoms with Crippen molar-refractivity contribution in [1.82, 2.24) is 24.9 Å². The number of amides is 3. The lowest BCUT2D eigenvalue weighted by Gasteiger charge is -2.40. The van der Waals surface area contributed by atoms with Crippen LogP contribution in [0.25, 0.3) is 0 Å². The molecule has 3 aliphatic rings. The van der Waals surface area contributed by atoms with E-state index >= 15 is 0 Å². The van der Waals surface area contributed by atoms with Crippen molar-refractivity contribution >= 4 is 17.9 Å². The first kappa shape index (κ1) is 22.3. The van der Waals surface area contributed by atoms with Crippen molar-refractivity contribution in [3.63, 3.8) is 0 Å². The smallest absolute Gasteiger partial charge is 0.325 e. The van der Waals surface area contributed by atoms with Crippen LogP contribution in [0.1, 0.15) is 12.5 Å². The van der Waals surface area contributed by atoms with Crippen LogP contribution < -0.4 is 10.1 Å². The van der Waals surface area contributed by atoms with Gasteiger partial charge in [-0.25, -0.2) is 9.79 Å². The lowest BCUT2D eigenvalue weighted by molar-refractivity contribution is -0.127. The number of nitrogens with zero attached hydrogens (tertiary/aromatic N) is 5. The number of aliphatic imine (C=N–C) groups is 1. The highest BCUT2D eigenvalue weighted by Crippen LogP contribution is 2.26. The standard InChI is InChI=1S/C22H32N6O4/c1-4-15-6-5-7-17(12-15)32-14-16(29)13-28-18-19(26(3)22(31)24-20(18)30)23-21(28)27-10-8-25(2)9-11-27/h5-7,12,16,18-19,29H,4,8-11,13-14H2,1-3H3,(H,24,30,31). The fourth-order valence-electron chi connectivity index (χ4n) is 4.30. The molecule has 0 saturated carbocycles. The molecule has 0 aliphatic carbocycles. The van der Waals surface area contributed by atoms with Crippen molar-refractivity contribution in [1.29, 1.82) is 0 Å². The number of benzene rings is 1. The maximum atomic E-state index is 12.7. The van der Waals surface area contributed by atoms with E-state index in [0.29, 0.717) is 11.7 Å². The average molecular weight is 445 g/mol. The summed E-state index contributed by atoms with van der Waals surface area (Å²) in [5.74, 6) is 0.961. The largest absolute Gasteiger partial charge is 0.491 e. The summed E-state index contributed by atoms with van der Waals surface area (Å²) < 4.78 is 5.81. The number of rotatable bonds is 6. The summed E-state index contributed by atoms with van der Waals surface area (Å²) in [4.78, 5) is 37.3. The summed E-state index contributed by atoms with van der Waals surface area (Å²) in [6.07, 6.45) is -0.546. The molecular formula is C22H32N6O4. The number of imide groups is 1. The summed E-state index contributed by atoms with van der Waals surface area (Å²) >= 11 is 0. The van der Waals surface area contributed by atoms with Crippen LogP contribution in [-0.2, 0) is 11.2 Å². The van der Waals surface area contributed by atoms with E-state index in [4.69, 9.17) is 9.73 Å². The molecule has 3 aliphatic heterocycles. The minimum atomic E-state index is -0.840. The van der Waals surface area contributed by atoms with Gasteiger partial charge in [-0.05, 0) is 31.2 Å². The van der Waals surface area contributed by atoms with Crippen molar-refractivity contribution in [3.8, 4) is 5.75 Å². The maximum Gasteiger partial charge on any atom is 0.325 e. The summed E-state index contributed by atoms with van der Waals surface area (Å²) in [5.41, 5.74) is 1.16. The van der Waals surface area contributed by atoms with Gasteiger partial charge in [0.25, 0.3) is 5.91 Å². The Bertz CT molecular complexity index is 885. The van der Waals surface area contributed by atoms with Gasteiger partial charge < -0.3 is 29.4 Å². The summed E-state index contributed by atoms with van der Waals surface area (Å²) in [7, 11) is 3.70. The molecule has 3 heterocycles. The first-order valence-corrected chi connectivity index (χ1v) is 11.1. The maximum absolute atomic E-state index is 12.7. The molecule has 10 nitrogen and oxygen atoms in total. The third kappa shape index (κ3) is 4.51. The van der Waals surface area contributed by atoms with E-state index in [2.05, 4.69) is 29.1 Å². The van der Waals surface area contributed by atoms with E-state index in [-0.39, 0.29) is 13.2 Å². The molecule has 3 atom stereocenters. The van der Waals surface area contributed by atoms with Gasteiger partial charge in [0.05, 0.1) is 6.54 Å². The van der Waals surface area contributed by atoms with Crippen LogP contribution in [0.3, 0.4) is 0 Å². The second kappa shape index (κ2) is 9.33. The zero-order valence-corrected chi connectivity index (χ0v) is 18.9. The number of hydrogen-bond acceptors (Lipinski definition) is 8. The highest BCUT2D eigenvalue weighted by Gasteiger charge is 2.50. The quantitative estimate of drug-likeness (QED) is 0.626. The Balaban J connectivity index is 1.49. The van der Waals surface area contributed by atoms with Crippen LogP contribution in [-0.4, -0.2) is 114 Å². The normalized spacial score (nSPS) is 24.9. The van der Waals surface area contributed by atoms with Crippen molar-refractivity contribution < 1.29 is 19.4 Å². The average Bonchev–Trinajstić information content (AvgIpc) is 3.16. The van der Waals surface area contributed by atoms with Crippen molar-refractivity contribution in [3.05, 3.63) is 29.8 Å². The van der Waals surface area contributed by atoms with Gasteiger partial charge in [-0.1, -0.05) is 19.1 Å². The molecule has 2 N–H and O–H groups in total. The number of aliphatic hydroxyl groups excluding tert-OH is 1. The minimum absolute atomic E-state index is 0.0907. The fraction of sp³-hybridized carbons (Fsp3) is 0.591. The van der Waals surface area contributed by atoms with E-state index in [0.717, 1.165) is 38.2 Å². The highest BCUT2D eigenvalue weighted by molar-refractivity contribution is 6.03. The zero-order valence-electron chi connectivity index (χ0n) is 18.9. The van der Waals surface area contributed by atoms with Crippen LogP contribution in [0.2, 0.25) is 0 Å². The molecule has 2 fully saturated rings. The van der Waals surface area contributed by atoms with Gasteiger partial charge in [0, 0.05) is 33.2 Å². The third-order valence-corrected chi connectivity index (χ3v) is 6.28. The number of piperazine rings is 1. The van der Waals surface area contributed by atoms with Gasteiger partial charge in [0.1, 0.15) is 18.5 Å². The first-order valence-electron chi connectivity index (χ1n) is 11.1. The SMILES string of the molecule is CCc1cccc(OCC(O)CN2C(N3CCN(C)CC3)=NC3C2C(=O)NC(=O)N3C)c1. The van der Waals surface area contributed by atoms with E-state index in [1.54, 1.807) is 7.05 Å². The number of hydrogen-bond donors (Lipinski definition) is 2. The second-order valence-corrected chi connectivity index (χ2v) is 8.60. The molecule has 0 spiro atoms. The van der Waals surface area contributed by atoms with E-state index in [1.165, 1.54) is 4.90 Å². The minimum Gasteiger partial charge on any atom is -0.491 e. The summed E-state index contributed by atoms with van der Waals surface area (Å²) in [5, 5.41) is 13.2. The van der Waals surface area contributed by atoms with Gasteiger partial charge in [0.2, 0.25) is 0 Å². The lowest BCUT2D eigenvalue weighted by Crippen LogP contribution is -2.65. The van der Waals surface area contributed by atoms with Gasteiger partial charge in [0.15, 0.2) is 18.2 Å². The first-order chi connectivity index (χ1) is 15.4. The van der Waals surface area contributed by atoms with Crippen LogP contribution >= 0.6 is 0 Å². The number of aliphatic hydroxyl groups is 1. The Morgan fingerprint density at radius 1 is 1.22 bits per heavy atom. The molecule has 10 heteroatoms. The number of urea groups is 1. The molecule has 0 radical (unpaired) electrons. The van der Waals surface area contributed by atoms with Crippen LogP contribution in [0.15, 0.2) is 29.3 Å². The molecule has 32 heavy (non-hydrogen) atoms. The topological polar surface area (TPSA) is 101 Å². The molecule has 3 amide bonds. The molecule has 0 bridgehead atoms. The number of β-amino-alcohol motifs (C(OH)–C–C–N with tert-alkyl or cyclic N) is 1. The van der Waals surface area contributed by atoms with Gasteiger partial charge in [-0.3, -0.25) is 10.1 Å². The van der Waals surface area contributed by atoms with E-state index < -0.39 is 30.2 Å². The molecule has 4 rings (SSSR count). The third-order valence-electron chi connectivity index (χ3n) is 6.28. The van der Waals surface area contributed by atoms with Crippen molar-refractivity contribution in [2.24, 2.45) is 4.99 Å². The number of fused-ring (bicyclic) bond motifs is 1. The number of guanidine groups is 1. The van der Waals surface area contributed by atoms with Gasteiger partial charge in [-0.2, -0.15) is 0 Å². The molecule has 3 unspecified atom stereocenters. The van der Waals surface area contributed by atoms with Gasteiger partial charge >= 0.3 is 6.03 Å². The predicted octanol–water partition coefficient (Wildman–Crippen LogP) is -0.216. The van der Waals surface area contributed by atoms with E-state index in [1.807, 2.05) is 29.2 Å². The number of ether oxygens (including phenoxy) is 1. The second-order valence-electron chi connectivity index (χ2n) is 8.60. The Morgan fingerprint density at radius 2 is 1.97 bits per heavy atom. The zero-order chi connectivity index (χ0) is 22.8. The number of nitrogens with one attached hydrogen (secondary N) is 1. The molecule has 1 aromatic rings. The lowest BCUT2D eigenvalue weighted by atomic mass is 10.1. The number of carbonyl (C=O) groups is 2. The van der Waals surface area contributed by atoms with Crippen LogP contribution in [0, 0.1) is 0 Å². The Labute approximate surface area is 188 Å². The number of likely N-dealkylation sites (N-methyl/N-ethyl adjacent to an activating group) is 2. The molecule has 1 aromatic carbocycles. The molecule has 2 saturated heterocycles. The number of carbonyl (C=O) groups excluding carboxylic acids is 2. The summed E-state index contributed by atoms with van der Waals surface area (Å²) in [6.45, 7) is 5.63. The van der Waals surface area contributed by atoms with Crippen LogP contribution in [0.5, 0.6) is 5.75 Å². The molecule has 0 aromatic heterocycles. The predicted molar refractivity (Wildman–Crippen MR) is 119 cm³/mol. The van der Waals surface area contributed by atoms with Gasteiger partial charge in [-0.15, -0.1) is 0 Å². The Kier molecular flexibility index (Phi) is 6.52. The molecule has 174 valence electrons. The van der Waals surface area contributed by atoms with Crippen molar-refractivity contribution in [2.75, 3.05) is 53.4 Å². The monoisotopic (exact) mass is 444 g/mol. The fourth-order valence-corrected chi connectivity index (χ4v) is 4.30.